The Morgan fingerprint density at radius 3 is 2.56 bits per heavy atom. The Hall–Kier alpha value is -2.44. The Morgan fingerprint density at radius 1 is 1.15 bits per heavy atom. The van der Waals surface area contributed by atoms with Crippen molar-refractivity contribution in [1.82, 2.24) is 19.8 Å². The van der Waals surface area contributed by atoms with E-state index in [1.165, 1.54) is 16.9 Å². The third-order valence-electron chi connectivity index (χ3n) is 4.99. The highest BCUT2D eigenvalue weighted by molar-refractivity contribution is 7.16. The van der Waals surface area contributed by atoms with Crippen molar-refractivity contribution in [3.8, 4) is 5.13 Å². The second-order valence-electron chi connectivity index (χ2n) is 7.01. The number of rotatable bonds is 5. The van der Waals surface area contributed by atoms with Crippen LogP contribution in [-0.4, -0.2) is 39.5 Å². The number of aromatic nitrogens is 2. The molecule has 3 aromatic rings. The van der Waals surface area contributed by atoms with E-state index in [-0.39, 0.29) is 11.9 Å². The van der Waals surface area contributed by atoms with Crippen molar-refractivity contribution in [1.29, 1.82) is 0 Å². The summed E-state index contributed by atoms with van der Waals surface area (Å²) in [7, 11) is 0. The van der Waals surface area contributed by atoms with E-state index in [4.69, 9.17) is 0 Å². The van der Waals surface area contributed by atoms with Gasteiger partial charge in [0.1, 0.15) is 4.88 Å². The predicted octanol–water partition coefficient (Wildman–Crippen LogP) is 3.64. The molecule has 0 atom stereocenters. The van der Waals surface area contributed by atoms with Gasteiger partial charge in [-0.1, -0.05) is 41.7 Å². The van der Waals surface area contributed by atoms with Gasteiger partial charge in [0.2, 0.25) is 0 Å². The third kappa shape index (κ3) is 4.28. The average Bonchev–Trinajstić information content (AvgIpc) is 3.34. The number of carbonyl (C=O) groups excluding carboxylic acids is 1. The van der Waals surface area contributed by atoms with Crippen molar-refractivity contribution in [2.24, 2.45) is 0 Å². The van der Waals surface area contributed by atoms with Gasteiger partial charge in [-0.15, -0.1) is 0 Å². The normalized spacial score (nSPS) is 15.7. The van der Waals surface area contributed by atoms with Crippen LogP contribution >= 0.6 is 11.3 Å². The maximum absolute atomic E-state index is 12.7. The molecule has 27 heavy (non-hydrogen) atoms. The summed E-state index contributed by atoms with van der Waals surface area (Å²) in [5.74, 6) is 0.00455. The number of carbonyl (C=O) groups is 1. The lowest BCUT2D eigenvalue weighted by Crippen LogP contribution is -2.44. The van der Waals surface area contributed by atoms with E-state index in [2.05, 4.69) is 45.5 Å². The predicted molar refractivity (Wildman–Crippen MR) is 108 cm³/mol. The molecule has 0 aliphatic carbocycles. The SMILES string of the molecule is Cc1nc(-n2cccc2)sc1C(=O)NC1CCN(Cc2ccccc2)CC1. The van der Waals surface area contributed by atoms with Crippen molar-refractivity contribution < 1.29 is 4.79 Å². The van der Waals surface area contributed by atoms with Crippen LogP contribution in [0.1, 0.15) is 33.8 Å². The van der Waals surface area contributed by atoms with Crippen molar-refractivity contribution in [3.63, 3.8) is 0 Å². The Labute approximate surface area is 163 Å². The number of nitrogens with zero attached hydrogens (tertiary/aromatic N) is 3. The van der Waals surface area contributed by atoms with E-state index in [1.54, 1.807) is 0 Å². The molecule has 1 amide bonds. The van der Waals surface area contributed by atoms with Crippen LogP contribution in [0.25, 0.3) is 5.13 Å². The minimum Gasteiger partial charge on any atom is -0.348 e. The van der Waals surface area contributed by atoms with Gasteiger partial charge >= 0.3 is 0 Å². The van der Waals surface area contributed by atoms with Gasteiger partial charge in [-0.25, -0.2) is 4.98 Å². The standard InChI is InChI=1S/C21H24N4OS/c1-16-19(27-21(22-16)25-11-5-6-12-25)20(26)23-18-9-13-24(14-10-18)15-17-7-3-2-4-8-17/h2-8,11-12,18H,9-10,13-15H2,1H3,(H,23,26). The van der Waals surface area contributed by atoms with E-state index in [0.717, 1.165) is 43.3 Å². The first-order valence-corrected chi connectivity index (χ1v) is 10.2. The Morgan fingerprint density at radius 2 is 1.85 bits per heavy atom. The quantitative estimate of drug-likeness (QED) is 0.735. The summed E-state index contributed by atoms with van der Waals surface area (Å²) in [4.78, 5) is 20.4. The lowest BCUT2D eigenvalue weighted by molar-refractivity contribution is 0.0912. The van der Waals surface area contributed by atoms with Crippen molar-refractivity contribution in [3.05, 3.63) is 71.0 Å². The minimum absolute atomic E-state index is 0.00455. The fourth-order valence-electron chi connectivity index (χ4n) is 3.49. The molecule has 0 bridgehead atoms. The summed E-state index contributed by atoms with van der Waals surface area (Å²) in [5, 5.41) is 4.05. The number of thiazole rings is 1. The molecule has 140 valence electrons. The molecule has 5 nitrogen and oxygen atoms in total. The highest BCUT2D eigenvalue weighted by Crippen LogP contribution is 2.22. The molecule has 1 fully saturated rings. The zero-order chi connectivity index (χ0) is 18.6. The maximum atomic E-state index is 12.7. The molecule has 1 aromatic carbocycles. The molecule has 0 spiro atoms. The lowest BCUT2D eigenvalue weighted by atomic mass is 10.0. The van der Waals surface area contributed by atoms with Crippen LogP contribution in [-0.2, 0) is 6.54 Å². The van der Waals surface area contributed by atoms with Gasteiger partial charge in [0.05, 0.1) is 5.69 Å². The van der Waals surface area contributed by atoms with E-state index >= 15 is 0 Å². The summed E-state index contributed by atoms with van der Waals surface area (Å²) in [6, 6.07) is 14.7. The fraction of sp³-hybridized carbons (Fsp3) is 0.333. The number of hydrogen-bond acceptors (Lipinski definition) is 4. The van der Waals surface area contributed by atoms with E-state index in [1.807, 2.05) is 36.0 Å². The number of nitrogens with one attached hydrogen (secondary N) is 1. The molecule has 0 radical (unpaired) electrons. The first-order chi connectivity index (χ1) is 13.2. The number of aryl methyl sites for hydroxylation is 1. The lowest BCUT2D eigenvalue weighted by Gasteiger charge is -2.32. The Bertz CT molecular complexity index is 880. The number of benzene rings is 1. The van der Waals surface area contributed by atoms with Crippen LogP contribution in [0.5, 0.6) is 0 Å². The second kappa shape index (κ2) is 8.06. The zero-order valence-corrected chi connectivity index (χ0v) is 16.3. The molecule has 0 saturated carbocycles. The molecule has 4 rings (SSSR count). The van der Waals surface area contributed by atoms with Crippen LogP contribution in [0.15, 0.2) is 54.9 Å². The minimum atomic E-state index is 0.00455. The largest absolute Gasteiger partial charge is 0.348 e. The number of amides is 1. The number of piperidine rings is 1. The molecule has 1 aliphatic heterocycles. The molecular weight excluding hydrogens is 356 g/mol. The highest BCUT2D eigenvalue weighted by Gasteiger charge is 2.23. The maximum Gasteiger partial charge on any atom is 0.263 e. The highest BCUT2D eigenvalue weighted by atomic mass is 32.1. The van der Waals surface area contributed by atoms with Gasteiger partial charge in [-0.3, -0.25) is 9.69 Å². The first kappa shape index (κ1) is 17.9. The molecule has 3 heterocycles. The molecule has 6 heteroatoms. The summed E-state index contributed by atoms with van der Waals surface area (Å²) in [6.07, 6.45) is 5.87. The van der Waals surface area contributed by atoms with E-state index in [9.17, 15) is 4.79 Å². The Kier molecular flexibility index (Phi) is 5.36. The van der Waals surface area contributed by atoms with Crippen molar-refractivity contribution >= 4 is 17.2 Å². The van der Waals surface area contributed by atoms with Gasteiger partial charge in [0, 0.05) is 38.1 Å². The molecule has 1 saturated heterocycles. The smallest absolute Gasteiger partial charge is 0.263 e. The van der Waals surface area contributed by atoms with E-state index in [0.29, 0.717) is 4.88 Å². The van der Waals surface area contributed by atoms with Crippen LogP contribution in [0.2, 0.25) is 0 Å². The third-order valence-corrected chi connectivity index (χ3v) is 6.16. The summed E-state index contributed by atoms with van der Waals surface area (Å²) in [5.41, 5.74) is 2.14. The van der Waals surface area contributed by atoms with Gasteiger partial charge in [-0.2, -0.15) is 0 Å². The molecule has 1 aliphatic rings. The number of likely N-dealkylation sites (tertiary alicyclic amines) is 1. The summed E-state index contributed by atoms with van der Waals surface area (Å²) >= 11 is 1.45. The summed E-state index contributed by atoms with van der Waals surface area (Å²) < 4.78 is 1.94. The molecule has 2 aromatic heterocycles. The van der Waals surface area contributed by atoms with Crippen LogP contribution in [0.4, 0.5) is 0 Å². The Balaban J connectivity index is 1.32. The van der Waals surface area contributed by atoms with Crippen LogP contribution in [0, 0.1) is 6.92 Å². The van der Waals surface area contributed by atoms with Gasteiger partial charge < -0.3 is 9.88 Å². The van der Waals surface area contributed by atoms with Crippen molar-refractivity contribution in [2.45, 2.75) is 32.4 Å². The molecule has 1 N–H and O–H groups in total. The topological polar surface area (TPSA) is 50.2 Å². The zero-order valence-electron chi connectivity index (χ0n) is 15.5. The van der Waals surface area contributed by atoms with Gasteiger partial charge in [-0.05, 0) is 37.5 Å². The molecule has 0 unspecified atom stereocenters. The van der Waals surface area contributed by atoms with Crippen LogP contribution < -0.4 is 5.32 Å². The average molecular weight is 381 g/mol. The van der Waals surface area contributed by atoms with Crippen LogP contribution in [0.3, 0.4) is 0 Å². The summed E-state index contributed by atoms with van der Waals surface area (Å²) in [6.45, 7) is 4.91. The van der Waals surface area contributed by atoms with Gasteiger partial charge in [0.25, 0.3) is 5.91 Å². The van der Waals surface area contributed by atoms with Crippen molar-refractivity contribution in [2.75, 3.05) is 13.1 Å². The monoisotopic (exact) mass is 380 g/mol. The number of hydrogen-bond donors (Lipinski definition) is 1. The van der Waals surface area contributed by atoms with Gasteiger partial charge in [0.15, 0.2) is 5.13 Å². The molecular formula is C21H24N4OS. The fourth-order valence-corrected chi connectivity index (χ4v) is 4.43. The first-order valence-electron chi connectivity index (χ1n) is 9.37. The second-order valence-corrected chi connectivity index (χ2v) is 7.99. The van der Waals surface area contributed by atoms with E-state index < -0.39 is 0 Å².